The van der Waals surface area contributed by atoms with Gasteiger partial charge in [0.2, 0.25) is 10.0 Å². The van der Waals surface area contributed by atoms with E-state index in [1.54, 1.807) is 0 Å². The van der Waals surface area contributed by atoms with Crippen LogP contribution in [0.15, 0.2) is 17.0 Å². The van der Waals surface area contributed by atoms with E-state index in [0.29, 0.717) is 4.31 Å². The van der Waals surface area contributed by atoms with Crippen molar-refractivity contribution < 1.29 is 23.2 Å². The summed E-state index contributed by atoms with van der Waals surface area (Å²) >= 11 is 5.78. The molecule has 0 saturated carbocycles. The zero-order valence-electron chi connectivity index (χ0n) is 10.5. The number of carbonyl (C=O) groups is 1. The van der Waals surface area contributed by atoms with Gasteiger partial charge in [0, 0.05) is 18.7 Å². The molecule has 0 amide bonds. The van der Waals surface area contributed by atoms with Crippen molar-refractivity contribution in [2.24, 2.45) is 0 Å². The predicted molar refractivity (Wildman–Crippen MR) is 70.3 cm³/mol. The van der Waals surface area contributed by atoms with Crippen LogP contribution < -0.4 is 0 Å². The van der Waals surface area contributed by atoms with Crippen LogP contribution in [-0.4, -0.2) is 42.3 Å². The van der Waals surface area contributed by atoms with Crippen LogP contribution in [0.3, 0.4) is 0 Å². The Morgan fingerprint density at radius 3 is 2.50 bits per heavy atom. The fraction of sp³-hybridized carbons (Fsp3) is 0.300. The molecular weight excluding hydrogens is 312 g/mol. The molecule has 10 heteroatoms. The number of hydrogen-bond acceptors (Lipinski definition) is 5. The second kappa shape index (κ2) is 5.73. The molecule has 20 heavy (non-hydrogen) atoms. The van der Waals surface area contributed by atoms with Gasteiger partial charge in [0.1, 0.15) is 6.54 Å². The summed E-state index contributed by atoms with van der Waals surface area (Å²) in [6.07, 6.45) is 0. The molecule has 0 aliphatic rings. The second-order valence-corrected chi connectivity index (χ2v) is 6.41. The molecule has 8 nitrogen and oxygen atoms in total. The van der Waals surface area contributed by atoms with E-state index in [1.807, 2.05) is 0 Å². The van der Waals surface area contributed by atoms with Crippen molar-refractivity contribution in [3.8, 4) is 0 Å². The lowest BCUT2D eigenvalue weighted by atomic mass is 10.2. The summed E-state index contributed by atoms with van der Waals surface area (Å²) in [6, 6.07) is 1.91. The highest BCUT2D eigenvalue weighted by molar-refractivity contribution is 7.89. The number of likely N-dealkylation sites (N-methyl/N-ethyl adjacent to an activating group) is 1. The lowest BCUT2D eigenvalue weighted by Gasteiger charge is -2.15. The predicted octanol–water partition coefficient (Wildman–Crippen LogP) is 1.26. The number of sulfonamides is 1. The first-order valence-corrected chi connectivity index (χ1v) is 7.02. The molecule has 0 radical (unpaired) electrons. The van der Waals surface area contributed by atoms with Gasteiger partial charge >= 0.3 is 5.97 Å². The number of aliphatic carboxylic acids is 1. The Morgan fingerprint density at radius 2 is 2.05 bits per heavy atom. The highest BCUT2D eigenvalue weighted by atomic mass is 35.5. The van der Waals surface area contributed by atoms with Crippen LogP contribution in [0.2, 0.25) is 5.02 Å². The quantitative estimate of drug-likeness (QED) is 0.644. The van der Waals surface area contributed by atoms with Gasteiger partial charge in [0.15, 0.2) is 0 Å². The molecule has 0 aromatic heterocycles. The minimum absolute atomic E-state index is 0.0819. The van der Waals surface area contributed by atoms with Crippen LogP contribution in [-0.2, 0) is 14.8 Å². The average Bonchev–Trinajstić information content (AvgIpc) is 2.30. The Bertz CT molecular complexity index is 673. The summed E-state index contributed by atoms with van der Waals surface area (Å²) in [4.78, 5) is 20.2. The van der Waals surface area contributed by atoms with Gasteiger partial charge in [-0.05, 0) is 13.0 Å². The van der Waals surface area contributed by atoms with E-state index < -0.39 is 38.0 Å². The summed E-state index contributed by atoms with van der Waals surface area (Å²) in [5.41, 5.74) is -0.309. The molecule has 0 heterocycles. The molecule has 1 rings (SSSR count). The molecular formula is C10H11ClN2O6S. The number of nitro benzene ring substituents is 1. The number of carboxylic acid groups (broad SMARTS) is 1. The summed E-state index contributed by atoms with van der Waals surface area (Å²) in [6.45, 7) is 0.624. The monoisotopic (exact) mass is 322 g/mol. The fourth-order valence-electron chi connectivity index (χ4n) is 1.43. The smallest absolute Gasteiger partial charge is 0.318 e. The SMILES string of the molecule is Cc1c(Cl)cc(S(=O)(=O)N(C)CC(=O)O)cc1[N+](=O)[O-]. The Kier molecular flexibility index (Phi) is 4.69. The first-order chi connectivity index (χ1) is 9.07. The Balaban J connectivity index is 3.40. The first-order valence-electron chi connectivity index (χ1n) is 5.20. The van der Waals surface area contributed by atoms with E-state index in [0.717, 1.165) is 19.2 Å². The molecule has 0 saturated heterocycles. The van der Waals surface area contributed by atoms with Crippen molar-refractivity contribution in [1.82, 2.24) is 4.31 Å². The number of nitrogens with zero attached hydrogens (tertiary/aromatic N) is 2. The van der Waals surface area contributed by atoms with Crippen LogP contribution in [0, 0.1) is 17.0 Å². The number of hydrogen-bond donors (Lipinski definition) is 1. The molecule has 0 unspecified atom stereocenters. The normalized spacial score (nSPS) is 11.6. The van der Waals surface area contributed by atoms with Gasteiger partial charge in [0.25, 0.3) is 5.69 Å². The van der Waals surface area contributed by atoms with Crippen LogP contribution in [0.4, 0.5) is 5.69 Å². The Morgan fingerprint density at radius 1 is 1.50 bits per heavy atom. The highest BCUT2D eigenvalue weighted by Gasteiger charge is 2.27. The van der Waals surface area contributed by atoms with Crippen molar-refractivity contribution >= 4 is 33.3 Å². The minimum Gasteiger partial charge on any atom is -0.480 e. The third kappa shape index (κ3) is 3.24. The molecule has 1 aromatic rings. The molecule has 0 aliphatic heterocycles. The Hall–Kier alpha value is -1.71. The van der Waals surface area contributed by atoms with E-state index in [2.05, 4.69) is 0 Å². The summed E-state index contributed by atoms with van der Waals surface area (Å²) in [7, 11) is -3.11. The summed E-state index contributed by atoms with van der Waals surface area (Å²) in [5.74, 6) is -1.34. The maximum Gasteiger partial charge on any atom is 0.318 e. The van der Waals surface area contributed by atoms with Gasteiger partial charge < -0.3 is 5.11 Å². The number of nitro groups is 1. The van der Waals surface area contributed by atoms with E-state index in [9.17, 15) is 23.3 Å². The first kappa shape index (κ1) is 16.3. The maximum absolute atomic E-state index is 12.1. The van der Waals surface area contributed by atoms with Gasteiger partial charge in [-0.2, -0.15) is 4.31 Å². The van der Waals surface area contributed by atoms with E-state index in [4.69, 9.17) is 16.7 Å². The third-order valence-corrected chi connectivity index (χ3v) is 4.73. The molecule has 0 fully saturated rings. The zero-order chi connectivity index (χ0) is 15.7. The van der Waals surface area contributed by atoms with Crippen LogP contribution in [0.1, 0.15) is 5.56 Å². The van der Waals surface area contributed by atoms with E-state index >= 15 is 0 Å². The number of benzene rings is 1. The standard InChI is InChI=1S/C10H11ClN2O6S/c1-6-8(11)3-7(4-9(6)13(16)17)20(18,19)12(2)5-10(14)15/h3-4H,5H2,1-2H3,(H,14,15). The third-order valence-electron chi connectivity index (χ3n) is 2.55. The second-order valence-electron chi connectivity index (χ2n) is 3.96. The van der Waals surface area contributed by atoms with Crippen molar-refractivity contribution in [3.63, 3.8) is 0 Å². The van der Waals surface area contributed by atoms with Crippen molar-refractivity contribution in [2.75, 3.05) is 13.6 Å². The molecule has 1 N–H and O–H groups in total. The molecule has 110 valence electrons. The molecule has 1 aromatic carbocycles. The highest BCUT2D eigenvalue weighted by Crippen LogP contribution is 2.30. The van der Waals surface area contributed by atoms with Crippen molar-refractivity contribution in [1.29, 1.82) is 0 Å². The van der Waals surface area contributed by atoms with E-state index in [1.165, 1.54) is 6.92 Å². The van der Waals surface area contributed by atoms with Gasteiger partial charge in [-0.1, -0.05) is 11.6 Å². The maximum atomic E-state index is 12.1. The van der Waals surface area contributed by atoms with Gasteiger partial charge in [-0.25, -0.2) is 8.42 Å². The summed E-state index contributed by atoms with van der Waals surface area (Å²) in [5, 5.41) is 19.4. The lowest BCUT2D eigenvalue weighted by Crippen LogP contribution is -2.32. The average molecular weight is 323 g/mol. The lowest BCUT2D eigenvalue weighted by molar-refractivity contribution is -0.385. The van der Waals surface area contributed by atoms with Crippen LogP contribution in [0.5, 0.6) is 0 Å². The van der Waals surface area contributed by atoms with Crippen molar-refractivity contribution in [3.05, 3.63) is 32.8 Å². The zero-order valence-corrected chi connectivity index (χ0v) is 12.1. The van der Waals surface area contributed by atoms with Crippen LogP contribution >= 0.6 is 11.6 Å². The Labute approximate surface area is 119 Å². The number of rotatable bonds is 5. The molecule has 0 atom stereocenters. The van der Waals surface area contributed by atoms with E-state index in [-0.39, 0.29) is 10.6 Å². The van der Waals surface area contributed by atoms with Crippen LogP contribution in [0.25, 0.3) is 0 Å². The molecule has 0 aliphatic carbocycles. The van der Waals surface area contributed by atoms with Gasteiger partial charge in [0.05, 0.1) is 14.8 Å². The molecule has 0 spiro atoms. The summed E-state index contributed by atoms with van der Waals surface area (Å²) < 4.78 is 24.7. The van der Waals surface area contributed by atoms with Crippen molar-refractivity contribution in [2.45, 2.75) is 11.8 Å². The number of carboxylic acids is 1. The van der Waals surface area contributed by atoms with Gasteiger partial charge in [-0.15, -0.1) is 0 Å². The number of halogens is 1. The minimum atomic E-state index is -4.17. The molecule has 0 bridgehead atoms. The van der Waals surface area contributed by atoms with Gasteiger partial charge in [-0.3, -0.25) is 14.9 Å². The topological polar surface area (TPSA) is 118 Å². The fourth-order valence-corrected chi connectivity index (χ4v) is 2.88. The largest absolute Gasteiger partial charge is 0.480 e.